The summed E-state index contributed by atoms with van der Waals surface area (Å²) in [7, 11) is 0. The van der Waals surface area contributed by atoms with E-state index >= 15 is 0 Å². The highest BCUT2D eigenvalue weighted by atomic mass is 32.1. The first kappa shape index (κ1) is 26.7. The largest absolute Gasteiger partial charge is 0.507 e. The summed E-state index contributed by atoms with van der Waals surface area (Å²) in [6.45, 7) is 3.00. The first-order valence-electron chi connectivity index (χ1n) is 14.2. The smallest absolute Gasteiger partial charge is 0.234 e. The van der Waals surface area contributed by atoms with E-state index in [0.717, 1.165) is 41.0 Å². The zero-order valence-electron chi connectivity index (χ0n) is 22.7. The van der Waals surface area contributed by atoms with E-state index in [2.05, 4.69) is 11.9 Å². The van der Waals surface area contributed by atoms with Gasteiger partial charge in [-0.3, -0.25) is 19.5 Å². The zero-order valence-corrected chi connectivity index (χ0v) is 23.5. The number of ether oxygens (including phenoxy) is 1. The molecule has 2 fully saturated rings. The molecule has 0 unspecified atom stereocenters. The minimum absolute atomic E-state index is 0.0254. The zero-order chi connectivity index (χ0) is 27.6. The predicted octanol–water partition coefficient (Wildman–Crippen LogP) is 6.49. The van der Waals surface area contributed by atoms with Gasteiger partial charge in [-0.25, -0.2) is 0 Å². The number of imide groups is 1. The maximum Gasteiger partial charge on any atom is 0.234 e. The topological polar surface area (TPSA) is 79.7 Å². The normalized spacial score (nSPS) is 24.5. The Morgan fingerprint density at radius 2 is 1.95 bits per heavy atom. The number of amides is 2. The number of carbonyl (C=O) groups is 2. The Hall–Kier alpha value is -3.55. The Labute approximate surface area is 239 Å². The summed E-state index contributed by atoms with van der Waals surface area (Å²) < 4.78 is 6.43. The molecule has 7 heteroatoms. The number of phenolic OH excluding ortho intramolecular Hbond substituents is 1. The Morgan fingerprint density at radius 3 is 2.70 bits per heavy atom. The van der Waals surface area contributed by atoms with Crippen LogP contribution in [0.15, 0.2) is 77.3 Å². The van der Waals surface area contributed by atoms with Crippen LogP contribution >= 0.6 is 11.3 Å². The number of carbonyl (C=O) groups excluding carboxylic acids is 2. The Kier molecular flexibility index (Phi) is 7.67. The van der Waals surface area contributed by atoms with E-state index in [1.165, 1.54) is 16.0 Å². The van der Waals surface area contributed by atoms with Crippen LogP contribution in [0.1, 0.15) is 55.2 Å². The predicted molar refractivity (Wildman–Crippen MR) is 156 cm³/mol. The van der Waals surface area contributed by atoms with Crippen LogP contribution in [0, 0.1) is 17.8 Å². The van der Waals surface area contributed by atoms with Crippen LogP contribution in [0.2, 0.25) is 0 Å². The van der Waals surface area contributed by atoms with Crippen molar-refractivity contribution in [2.45, 2.75) is 51.7 Å². The third-order valence-corrected chi connectivity index (χ3v) is 9.34. The van der Waals surface area contributed by atoms with Crippen LogP contribution in [-0.4, -0.2) is 39.5 Å². The summed E-state index contributed by atoms with van der Waals surface area (Å²) in [5.41, 5.74) is 5.20. The van der Waals surface area contributed by atoms with Gasteiger partial charge in [-0.15, -0.1) is 11.3 Å². The number of aromatic nitrogens is 1. The molecule has 0 radical (unpaired) electrons. The van der Waals surface area contributed by atoms with Crippen molar-refractivity contribution < 1.29 is 19.4 Å². The van der Waals surface area contributed by atoms with Gasteiger partial charge in [0.25, 0.3) is 0 Å². The molecule has 1 aliphatic carbocycles. The highest BCUT2D eigenvalue weighted by molar-refractivity contribution is 7.09. The van der Waals surface area contributed by atoms with Crippen molar-refractivity contribution in [2.24, 2.45) is 17.8 Å². The molecule has 0 saturated carbocycles. The lowest BCUT2D eigenvalue weighted by Crippen LogP contribution is -2.34. The second-order valence-electron chi connectivity index (χ2n) is 10.9. The Bertz CT molecular complexity index is 1450. The molecule has 40 heavy (non-hydrogen) atoms. The summed E-state index contributed by atoms with van der Waals surface area (Å²) in [5.74, 6) is -0.497. The van der Waals surface area contributed by atoms with Crippen molar-refractivity contribution in [1.82, 2.24) is 9.88 Å². The first-order valence-corrected chi connectivity index (χ1v) is 15.0. The average molecular weight is 555 g/mol. The molecule has 2 amide bonds. The number of nitrogens with zero attached hydrogens (tertiary/aromatic N) is 2. The summed E-state index contributed by atoms with van der Waals surface area (Å²) in [5, 5.41) is 12.4. The van der Waals surface area contributed by atoms with Gasteiger partial charge in [0.1, 0.15) is 5.75 Å². The van der Waals surface area contributed by atoms with Crippen LogP contribution in [0.4, 0.5) is 0 Å². The van der Waals surface area contributed by atoms with Gasteiger partial charge in [0.15, 0.2) is 0 Å². The number of phenols is 1. The molecule has 4 atom stereocenters. The van der Waals surface area contributed by atoms with Crippen molar-refractivity contribution in [2.75, 3.05) is 6.61 Å². The van der Waals surface area contributed by atoms with Crippen LogP contribution < -0.4 is 0 Å². The number of allylic oxidation sites excluding steroid dienone is 2. The standard InChI is InChI=1S/C33H34N2O4S/c1-2-8-23-18-25-31(33(38)35(32(25)37)19-24-10-7-16-40-24)26-20-39-29(30(23)26)14-13-21(27-11-5-6-15-34-27)17-22-9-3-4-12-28(22)36/h3-7,9-12,15-17,25-26,29,31,36H,2,8,13-14,18-20H2,1H3/b21-17-/t25-,26+,29-,31-/m1/s1. The van der Waals surface area contributed by atoms with Gasteiger partial charge in [0.2, 0.25) is 11.8 Å². The molecule has 0 spiro atoms. The molecule has 2 aromatic heterocycles. The second kappa shape index (κ2) is 11.5. The molecule has 3 aliphatic rings. The number of aromatic hydroxyl groups is 1. The lowest BCUT2D eigenvalue weighted by atomic mass is 9.68. The van der Waals surface area contributed by atoms with Gasteiger partial charge in [0, 0.05) is 22.6 Å². The summed E-state index contributed by atoms with van der Waals surface area (Å²) in [4.78, 5) is 34.3. The van der Waals surface area contributed by atoms with E-state index in [-0.39, 0.29) is 41.4 Å². The van der Waals surface area contributed by atoms with Gasteiger partial charge >= 0.3 is 0 Å². The summed E-state index contributed by atoms with van der Waals surface area (Å²) in [6, 6.07) is 17.1. The van der Waals surface area contributed by atoms with Crippen molar-refractivity contribution in [3.63, 3.8) is 0 Å². The third-order valence-electron chi connectivity index (χ3n) is 8.48. The molecule has 206 valence electrons. The van der Waals surface area contributed by atoms with E-state index in [1.807, 2.05) is 60.0 Å². The molecule has 4 heterocycles. The molecular formula is C33H34N2O4S. The van der Waals surface area contributed by atoms with Gasteiger partial charge in [-0.05, 0) is 72.6 Å². The monoisotopic (exact) mass is 554 g/mol. The van der Waals surface area contributed by atoms with Crippen molar-refractivity contribution >= 4 is 34.8 Å². The minimum Gasteiger partial charge on any atom is -0.507 e. The Balaban J connectivity index is 1.26. The SMILES string of the molecule is CCCC1=C2[C@@H](CC/C(=C/c3ccccc3O)c3ccccn3)OC[C@@H]2[C@@H]2C(=O)N(Cc3cccs3)C(=O)[C@@H]2C1. The van der Waals surface area contributed by atoms with Gasteiger partial charge in [-0.1, -0.05) is 49.2 Å². The minimum atomic E-state index is -0.333. The lowest BCUT2D eigenvalue weighted by Gasteiger charge is -2.32. The molecule has 3 aromatic rings. The van der Waals surface area contributed by atoms with Gasteiger partial charge < -0.3 is 9.84 Å². The third kappa shape index (κ3) is 5.04. The van der Waals surface area contributed by atoms with Crippen LogP contribution in [0.3, 0.4) is 0 Å². The molecule has 1 aromatic carbocycles. The van der Waals surface area contributed by atoms with E-state index < -0.39 is 0 Å². The highest BCUT2D eigenvalue weighted by Crippen LogP contribution is 2.51. The van der Waals surface area contributed by atoms with Crippen molar-refractivity contribution in [3.05, 3.63) is 93.5 Å². The molecular weight excluding hydrogens is 520 g/mol. The van der Waals surface area contributed by atoms with E-state index in [1.54, 1.807) is 23.6 Å². The number of hydrogen-bond acceptors (Lipinski definition) is 6. The highest BCUT2D eigenvalue weighted by Gasteiger charge is 2.56. The average Bonchev–Trinajstić information content (AvgIpc) is 3.69. The van der Waals surface area contributed by atoms with Crippen molar-refractivity contribution in [1.29, 1.82) is 0 Å². The van der Waals surface area contributed by atoms with Crippen LogP contribution in [0.5, 0.6) is 5.75 Å². The first-order chi connectivity index (χ1) is 19.5. The van der Waals surface area contributed by atoms with E-state index in [9.17, 15) is 14.7 Å². The van der Waals surface area contributed by atoms with E-state index in [0.29, 0.717) is 26.0 Å². The van der Waals surface area contributed by atoms with Gasteiger partial charge in [0.05, 0.1) is 36.8 Å². The maximum absolute atomic E-state index is 13.7. The number of thiophene rings is 1. The van der Waals surface area contributed by atoms with Crippen molar-refractivity contribution in [3.8, 4) is 5.75 Å². The number of pyridine rings is 1. The molecule has 0 bridgehead atoms. The number of hydrogen-bond donors (Lipinski definition) is 1. The van der Waals surface area contributed by atoms with Gasteiger partial charge in [-0.2, -0.15) is 0 Å². The Morgan fingerprint density at radius 1 is 1.10 bits per heavy atom. The second-order valence-corrected chi connectivity index (χ2v) is 11.9. The molecule has 2 aliphatic heterocycles. The van der Waals surface area contributed by atoms with Crippen LogP contribution in [0.25, 0.3) is 11.6 Å². The molecule has 6 rings (SSSR count). The number of fused-ring (bicyclic) bond motifs is 3. The van der Waals surface area contributed by atoms with Crippen LogP contribution in [-0.2, 0) is 20.9 Å². The fraction of sp³-hybridized carbons (Fsp3) is 0.364. The molecule has 2 saturated heterocycles. The molecule has 6 nitrogen and oxygen atoms in total. The number of benzene rings is 1. The summed E-state index contributed by atoms with van der Waals surface area (Å²) in [6.07, 6.45) is 7.69. The number of para-hydroxylation sites is 1. The number of rotatable bonds is 9. The quantitative estimate of drug-likeness (QED) is 0.242. The fourth-order valence-electron chi connectivity index (χ4n) is 6.70. The fourth-order valence-corrected chi connectivity index (χ4v) is 7.39. The number of likely N-dealkylation sites (tertiary alicyclic amines) is 1. The van der Waals surface area contributed by atoms with E-state index in [4.69, 9.17) is 4.74 Å². The molecule has 1 N–H and O–H groups in total. The lowest BCUT2D eigenvalue weighted by molar-refractivity contribution is -0.140. The maximum atomic E-state index is 13.7. The summed E-state index contributed by atoms with van der Waals surface area (Å²) >= 11 is 1.58.